The number of aromatic nitrogens is 1. The van der Waals surface area contributed by atoms with Crippen LogP contribution in [-0.2, 0) is 0 Å². The summed E-state index contributed by atoms with van der Waals surface area (Å²) in [5.41, 5.74) is 1.59. The lowest BCUT2D eigenvalue weighted by Crippen LogP contribution is -2.47. The number of hydrogen-bond donors (Lipinski definition) is 0. The van der Waals surface area contributed by atoms with Gasteiger partial charge in [0.1, 0.15) is 23.3 Å². The minimum atomic E-state index is 0.463. The van der Waals surface area contributed by atoms with Crippen molar-refractivity contribution in [1.29, 1.82) is 5.26 Å². The van der Waals surface area contributed by atoms with Gasteiger partial charge in [0.25, 0.3) is 0 Å². The van der Waals surface area contributed by atoms with Crippen LogP contribution in [0.25, 0.3) is 0 Å². The van der Waals surface area contributed by atoms with Crippen molar-refractivity contribution >= 4 is 11.5 Å². The van der Waals surface area contributed by atoms with Crippen molar-refractivity contribution in [1.82, 2.24) is 4.98 Å². The first-order chi connectivity index (χ1) is 10.8. The summed E-state index contributed by atoms with van der Waals surface area (Å²) >= 11 is 0. The molecule has 0 bridgehead atoms. The Morgan fingerprint density at radius 3 is 2.45 bits per heavy atom. The zero-order valence-corrected chi connectivity index (χ0v) is 12.6. The van der Waals surface area contributed by atoms with Gasteiger partial charge in [-0.3, -0.25) is 0 Å². The summed E-state index contributed by atoms with van der Waals surface area (Å²) in [6.45, 7) is 3.55. The zero-order valence-electron chi connectivity index (χ0n) is 12.6. The van der Waals surface area contributed by atoms with Crippen molar-refractivity contribution in [2.75, 3.05) is 43.1 Å². The van der Waals surface area contributed by atoms with Crippen molar-refractivity contribution in [2.24, 2.45) is 0 Å². The molecule has 0 saturated carbocycles. The van der Waals surface area contributed by atoms with E-state index < -0.39 is 0 Å². The van der Waals surface area contributed by atoms with E-state index in [0.29, 0.717) is 5.69 Å². The number of benzene rings is 1. The van der Waals surface area contributed by atoms with Gasteiger partial charge in [-0.25, -0.2) is 4.98 Å². The largest absolute Gasteiger partial charge is 0.495 e. The highest BCUT2D eigenvalue weighted by molar-refractivity contribution is 5.59. The lowest BCUT2D eigenvalue weighted by molar-refractivity contribution is 0.413. The van der Waals surface area contributed by atoms with Gasteiger partial charge in [-0.05, 0) is 24.3 Å². The van der Waals surface area contributed by atoms with Crippen molar-refractivity contribution < 1.29 is 4.74 Å². The highest BCUT2D eigenvalue weighted by Crippen LogP contribution is 2.28. The molecule has 0 aliphatic carbocycles. The molecule has 0 amide bonds. The molecule has 1 fully saturated rings. The highest BCUT2D eigenvalue weighted by Gasteiger charge is 2.20. The smallest absolute Gasteiger partial charge is 0.142 e. The fraction of sp³-hybridized carbons (Fsp3) is 0.294. The highest BCUT2D eigenvalue weighted by atomic mass is 16.5. The Bertz CT molecular complexity index is 687. The summed E-state index contributed by atoms with van der Waals surface area (Å²) < 4.78 is 5.44. The van der Waals surface area contributed by atoms with Crippen LogP contribution in [0.5, 0.6) is 5.75 Å². The monoisotopic (exact) mass is 294 g/mol. The molecular weight excluding hydrogens is 276 g/mol. The molecule has 1 aromatic heterocycles. The number of ether oxygens (including phenoxy) is 1. The number of anilines is 2. The third kappa shape index (κ3) is 2.82. The van der Waals surface area contributed by atoms with Crippen molar-refractivity contribution in [3.05, 3.63) is 48.2 Å². The second-order valence-electron chi connectivity index (χ2n) is 5.14. The quantitative estimate of drug-likeness (QED) is 0.869. The maximum absolute atomic E-state index is 8.96. The van der Waals surface area contributed by atoms with Crippen LogP contribution in [0.4, 0.5) is 11.5 Å². The fourth-order valence-corrected chi connectivity index (χ4v) is 2.73. The predicted octanol–water partition coefficient (Wildman–Crippen LogP) is 2.29. The third-order valence-electron chi connectivity index (χ3n) is 3.88. The van der Waals surface area contributed by atoms with Crippen molar-refractivity contribution in [3.8, 4) is 11.8 Å². The molecule has 1 aromatic carbocycles. The van der Waals surface area contributed by atoms with Gasteiger partial charge in [0, 0.05) is 26.2 Å². The first-order valence-electron chi connectivity index (χ1n) is 7.32. The molecule has 0 atom stereocenters. The van der Waals surface area contributed by atoms with Gasteiger partial charge in [0.05, 0.1) is 12.8 Å². The topological polar surface area (TPSA) is 52.4 Å². The summed E-state index contributed by atoms with van der Waals surface area (Å²) in [4.78, 5) is 8.91. The molecule has 1 aliphatic rings. The van der Waals surface area contributed by atoms with Gasteiger partial charge in [-0.1, -0.05) is 18.2 Å². The molecule has 1 saturated heterocycles. The van der Waals surface area contributed by atoms with Gasteiger partial charge >= 0.3 is 0 Å². The van der Waals surface area contributed by atoms with Crippen LogP contribution in [0, 0.1) is 11.3 Å². The predicted molar refractivity (Wildman–Crippen MR) is 86.4 cm³/mol. The van der Waals surface area contributed by atoms with Gasteiger partial charge in [0.15, 0.2) is 0 Å². The molecule has 112 valence electrons. The van der Waals surface area contributed by atoms with E-state index in [1.54, 1.807) is 13.2 Å². The Kier molecular flexibility index (Phi) is 4.10. The van der Waals surface area contributed by atoms with Crippen LogP contribution < -0.4 is 14.5 Å². The normalized spacial score (nSPS) is 14.5. The van der Waals surface area contributed by atoms with Crippen LogP contribution in [0.15, 0.2) is 42.5 Å². The van der Waals surface area contributed by atoms with Crippen LogP contribution in [0.1, 0.15) is 5.69 Å². The van der Waals surface area contributed by atoms with E-state index in [2.05, 4.69) is 26.9 Å². The first kappa shape index (κ1) is 14.2. The molecule has 2 aromatic rings. The Hall–Kier alpha value is -2.74. The molecular formula is C17H18N4O. The average Bonchev–Trinajstić information content (AvgIpc) is 2.62. The average molecular weight is 294 g/mol. The Morgan fingerprint density at radius 1 is 1.00 bits per heavy atom. The van der Waals surface area contributed by atoms with E-state index in [4.69, 9.17) is 10.00 Å². The molecule has 1 aliphatic heterocycles. The van der Waals surface area contributed by atoms with E-state index in [1.807, 2.05) is 30.3 Å². The zero-order chi connectivity index (χ0) is 15.4. The number of rotatable bonds is 3. The number of pyridine rings is 1. The number of nitrogens with zero attached hydrogens (tertiary/aromatic N) is 4. The van der Waals surface area contributed by atoms with Crippen LogP contribution in [0.2, 0.25) is 0 Å². The first-order valence-corrected chi connectivity index (χ1v) is 7.32. The van der Waals surface area contributed by atoms with Crippen LogP contribution >= 0.6 is 0 Å². The molecule has 0 unspecified atom stereocenters. The van der Waals surface area contributed by atoms with Crippen LogP contribution in [-0.4, -0.2) is 38.3 Å². The minimum absolute atomic E-state index is 0.463. The maximum atomic E-state index is 8.96. The lowest BCUT2D eigenvalue weighted by Gasteiger charge is -2.37. The summed E-state index contributed by atoms with van der Waals surface area (Å²) in [5, 5.41) is 8.96. The lowest BCUT2D eigenvalue weighted by atomic mass is 10.2. The Morgan fingerprint density at radius 2 is 1.73 bits per heavy atom. The second kappa shape index (κ2) is 6.35. The molecule has 3 rings (SSSR count). The van der Waals surface area contributed by atoms with E-state index in [0.717, 1.165) is 43.4 Å². The second-order valence-corrected chi connectivity index (χ2v) is 5.14. The summed E-state index contributed by atoms with van der Waals surface area (Å²) in [6.07, 6.45) is 0. The van der Waals surface area contributed by atoms with Gasteiger partial charge in [0.2, 0.25) is 0 Å². The van der Waals surface area contributed by atoms with Crippen LogP contribution in [0.3, 0.4) is 0 Å². The molecule has 5 nitrogen and oxygen atoms in total. The summed E-state index contributed by atoms with van der Waals surface area (Å²) in [5.74, 6) is 1.78. The van der Waals surface area contributed by atoms with E-state index in [9.17, 15) is 0 Å². The van der Waals surface area contributed by atoms with Gasteiger partial charge in [-0.2, -0.15) is 5.26 Å². The number of hydrogen-bond acceptors (Lipinski definition) is 5. The summed E-state index contributed by atoms with van der Waals surface area (Å²) in [6, 6.07) is 15.7. The van der Waals surface area contributed by atoms with Crippen molar-refractivity contribution in [3.63, 3.8) is 0 Å². The number of nitriles is 1. The van der Waals surface area contributed by atoms with Gasteiger partial charge in [-0.15, -0.1) is 0 Å². The standard InChI is InChI=1S/C17H18N4O/c1-22-16-7-3-2-6-15(16)20-9-11-21(12-10-20)17-8-4-5-14(13-18)19-17/h2-8H,9-12H2,1H3. The minimum Gasteiger partial charge on any atom is -0.495 e. The molecule has 22 heavy (non-hydrogen) atoms. The number of methoxy groups -OCH3 is 1. The SMILES string of the molecule is COc1ccccc1N1CCN(c2cccc(C#N)n2)CC1. The van der Waals surface area contributed by atoms with Gasteiger partial charge < -0.3 is 14.5 Å². The maximum Gasteiger partial charge on any atom is 0.142 e. The van der Waals surface area contributed by atoms with E-state index in [1.165, 1.54) is 0 Å². The molecule has 0 radical (unpaired) electrons. The van der Waals surface area contributed by atoms with E-state index in [-0.39, 0.29) is 0 Å². The van der Waals surface area contributed by atoms with Crippen molar-refractivity contribution in [2.45, 2.75) is 0 Å². The van der Waals surface area contributed by atoms with E-state index >= 15 is 0 Å². The molecule has 0 spiro atoms. The molecule has 2 heterocycles. The Balaban J connectivity index is 1.71. The Labute approximate surface area is 130 Å². The molecule has 0 N–H and O–H groups in total. The number of para-hydroxylation sites is 2. The fourth-order valence-electron chi connectivity index (χ4n) is 2.73. The third-order valence-corrected chi connectivity index (χ3v) is 3.88. The number of piperazine rings is 1. The summed E-state index contributed by atoms with van der Waals surface area (Å²) in [7, 11) is 1.70. The molecule has 5 heteroatoms.